The van der Waals surface area contributed by atoms with Gasteiger partial charge in [0.2, 0.25) is 6.41 Å². The highest BCUT2D eigenvalue weighted by molar-refractivity contribution is 5.49. The third kappa shape index (κ3) is 1.43. The summed E-state index contributed by atoms with van der Waals surface area (Å²) in [7, 11) is 0. The molecule has 1 aromatic heterocycles. The van der Waals surface area contributed by atoms with Gasteiger partial charge in [-0.25, -0.2) is 0 Å². The molecule has 2 rings (SSSR count). The summed E-state index contributed by atoms with van der Waals surface area (Å²) in [6.07, 6.45) is 4.28. The Morgan fingerprint density at radius 2 is 2.43 bits per heavy atom. The van der Waals surface area contributed by atoms with E-state index in [1.54, 1.807) is 23.2 Å². The van der Waals surface area contributed by atoms with Crippen LogP contribution in [0.2, 0.25) is 0 Å². The summed E-state index contributed by atoms with van der Waals surface area (Å²) in [6.45, 7) is 0.752. The molecule has 0 spiro atoms. The third-order valence-electron chi connectivity index (χ3n) is 2.64. The standard InChI is InChI=1S/C10H12N2O2/c13-7-12-6-2-4-9(12)8-3-1-5-11-10(8)14/h1,3,5,7,9H,2,4,6H2,(H,11,14). The van der Waals surface area contributed by atoms with Crippen molar-refractivity contribution in [2.75, 3.05) is 6.54 Å². The molecule has 1 N–H and O–H groups in total. The minimum Gasteiger partial charge on any atom is -0.338 e. The highest BCUT2D eigenvalue weighted by Gasteiger charge is 2.26. The van der Waals surface area contributed by atoms with Crippen LogP contribution >= 0.6 is 0 Å². The predicted octanol–water partition coefficient (Wildman–Crippen LogP) is 0.668. The van der Waals surface area contributed by atoms with E-state index >= 15 is 0 Å². The van der Waals surface area contributed by atoms with Gasteiger partial charge in [0.25, 0.3) is 5.56 Å². The molecule has 1 aliphatic heterocycles. The molecule has 0 aliphatic carbocycles. The van der Waals surface area contributed by atoms with Crippen molar-refractivity contribution in [3.05, 3.63) is 34.2 Å². The Bertz CT molecular complexity index is 386. The molecule has 14 heavy (non-hydrogen) atoms. The van der Waals surface area contributed by atoms with E-state index in [0.717, 1.165) is 25.8 Å². The van der Waals surface area contributed by atoms with Crippen molar-refractivity contribution in [1.29, 1.82) is 0 Å². The maximum absolute atomic E-state index is 11.5. The fourth-order valence-corrected chi connectivity index (χ4v) is 1.95. The van der Waals surface area contributed by atoms with Crippen LogP contribution in [0.4, 0.5) is 0 Å². The monoisotopic (exact) mass is 192 g/mol. The minimum atomic E-state index is -0.0914. The fraction of sp³-hybridized carbons (Fsp3) is 0.400. The highest BCUT2D eigenvalue weighted by Crippen LogP contribution is 2.27. The molecule has 1 atom stereocenters. The van der Waals surface area contributed by atoms with E-state index in [4.69, 9.17) is 0 Å². The van der Waals surface area contributed by atoms with Crippen molar-refractivity contribution in [1.82, 2.24) is 9.88 Å². The van der Waals surface area contributed by atoms with Gasteiger partial charge in [0, 0.05) is 18.3 Å². The number of likely N-dealkylation sites (tertiary alicyclic amines) is 1. The van der Waals surface area contributed by atoms with Gasteiger partial charge in [0.05, 0.1) is 6.04 Å². The van der Waals surface area contributed by atoms with Gasteiger partial charge >= 0.3 is 0 Å². The summed E-state index contributed by atoms with van der Waals surface area (Å²) in [5, 5.41) is 0. The second-order valence-electron chi connectivity index (χ2n) is 3.46. The minimum absolute atomic E-state index is 0.0301. The number of hydrogen-bond donors (Lipinski definition) is 1. The lowest BCUT2D eigenvalue weighted by atomic mass is 10.1. The van der Waals surface area contributed by atoms with E-state index in [9.17, 15) is 9.59 Å². The molecule has 4 heteroatoms. The lowest BCUT2D eigenvalue weighted by Gasteiger charge is -2.18. The number of hydrogen-bond acceptors (Lipinski definition) is 2. The van der Waals surface area contributed by atoms with Gasteiger partial charge in [-0.05, 0) is 25.0 Å². The van der Waals surface area contributed by atoms with Crippen LogP contribution < -0.4 is 5.56 Å². The molecule has 1 aromatic rings. The topological polar surface area (TPSA) is 53.2 Å². The predicted molar refractivity (Wildman–Crippen MR) is 51.8 cm³/mol. The van der Waals surface area contributed by atoms with Gasteiger partial charge < -0.3 is 9.88 Å². The number of carbonyl (C=O) groups is 1. The Morgan fingerprint density at radius 1 is 1.57 bits per heavy atom. The third-order valence-corrected chi connectivity index (χ3v) is 2.64. The zero-order valence-electron chi connectivity index (χ0n) is 7.77. The van der Waals surface area contributed by atoms with Crippen molar-refractivity contribution in [3.63, 3.8) is 0 Å². The molecule has 1 amide bonds. The summed E-state index contributed by atoms with van der Waals surface area (Å²) in [5.74, 6) is 0. The van der Waals surface area contributed by atoms with E-state index < -0.39 is 0 Å². The molecule has 1 unspecified atom stereocenters. The maximum Gasteiger partial charge on any atom is 0.253 e. The zero-order valence-corrected chi connectivity index (χ0v) is 7.77. The van der Waals surface area contributed by atoms with Crippen LogP contribution in [0.3, 0.4) is 0 Å². The Kier molecular flexibility index (Phi) is 2.35. The first-order valence-electron chi connectivity index (χ1n) is 4.71. The van der Waals surface area contributed by atoms with Crippen molar-refractivity contribution in [2.45, 2.75) is 18.9 Å². The summed E-state index contributed by atoms with van der Waals surface area (Å²) in [4.78, 5) is 26.5. The molecule has 1 saturated heterocycles. The van der Waals surface area contributed by atoms with Gasteiger partial charge in [-0.1, -0.05) is 0 Å². The summed E-state index contributed by atoms with van der Waals surface area (Å²) >= 11 is 0. The number of H-pyrrole nitrogens is 1. The van der Waals surface area contributed by atoms with E-state index in [1.807, 2.05) is 0 Å². The SMILES string of the molecule is O=CN1CCCC1c1ccc[nH]c1=O. The number of amides is 1. The Labute approximate surface area is 81.6 Å². The first-order chi connectivity index (χ1) is 6.83. The molecule has 1 fully saturated rings. The molecule has 0 saturated carbocycles. The second-order valence-corrected chi connectivity index (χ2v) is 3.46. The quantitative estimate of drug-likeness (QED) is 0.700. The van der Waals surface area contributed by atoms with E-state index in [-0.39, 0.29) is 11.6 Å². The average molecular weight is 192 g/mol. The number of nitrogens with zero attached hydrogens (tertiary/aromatic N) is 1. The van der Waals surface area contributed by atoms with Crippen LogP contribution in [0.25, 0.3) is 0 Å². The van der Waals surface area contributed by atoms with Gasteiger partial charge in [0.1, 0.15) is 0 Å². The number of aromatic nitrogens is 1. The molecule has 74 valence electrons. The Balaban J connectivity index is 2.35. The van der Waals surface area contributed by atoms with Crippen LogP contribution in [0, 0.1) is 0 Å². The number of carbonyl (C=O) groups excluding carboxylic acids is 1. The lowest BCUT2D eigenvalue weighted by Crippen LogP contribution is -2.26. The Hall–Kier alpha value is -1.58. The molecule has 2 heterocycles. The lowest BCUT2D eigenvalue weighted by molar-refractivity contribution is -0.118. The highest BCUT2D eigenvalue weighted by atomic mass is 16.1. The molecule has 4 nitrogen and oxygen atoms in total. The molecule has 0 radical (unpaired) electrons. The van der Waals surface area contributed by atoms with Crippen LogP contribution in [-0.4, -0.2) is 22.8 Å². The number of pyridine rings is 1. The summed E-state index contributed by atoms with van der Waals surface area (Å²) in [6, 6.07) is 3.54. The van der Waals surface area contributed by atoms with Gasteiger partial charge in [0.15, 0.2) is 0 Å². The van der Waals surface area contributed by atoms with Gasteiger partial charge in [-0.2, -0.15) is 0 Å². The van der Waals surface area contributed by atoms with E-state index in [2.05, 4.69) is 4.98 Å². The van der Waals surface area contributed by atoms with Crippen LogP contribution in [0.5, 0.6) is 0 Å². The van der Waals surface area contributed by atoms with Crippen molar-refractivity contribution >= 4 is 6.41 Å². The Morgan fingerprint density at radius 3 is 3.14 bits per heavy atom. The van der Waals surface area contributed by atoms with Crippen LogP contribution in [-0.2, 0) is 4.79 Å². The molecular formula is C10H12N2O2. The molecule has 0 bridgehead atoms. The first-order valence-corrected chi connectivity index (χ1v) is 4.71. The average Bonchev–Trinajstić information content (AvgIpc) is 2.66. The zero-order chi connectivity index (χ0) is 9.97. The smallest absolute Gasteiger partial charge is 0.253 e. The van der Waals surface area contributed by atoms with Crippen molar-refractivity contribution in [2.24, 2.45) is 0 Å². The van der Waals surface area contributed by atoms with Crippen molar-refractivity contribution < 1.29 is 4.79 Å². The number of nitrogens with one attached hydrogen (secondary N) is 1. The maximum atomic E-state index is 11.5. The van der Waals surface area contributed by atoms with Crippen molar-refractivity contribution in [3.8, 4) is 0 Å². The van der Waals surface area contributed by atoms with E-state index in [1.165, 1.54) is 0 Å². The second kappa shape index (κ2) is 3.65. The summed E-state index contributed by atoms with van der Waals surface area (Å²) < 4.78 is 0. The first kappa shape index (κ1) is 8.99. The van der Waals surface area contributed by atoms with Gasteiger partial charge in [-0.15, -0.1) is 0 Å². The van der Waals surface area contributed by atoms with Gasteiger partial charge in [-0.3, -0.25) is 9.59 Å². The summed E-state index contributed by atoms with van der Waals surface area (Å²) in [5.41, 5.74) is 0.600. The molecule has 0 aromatic carbocycles. The number of aromatic amines is 1. The van der Waals surface area contributed by atoms with Crippen LogP contribution in [0.1, 0.15) is 24.4 Å². The largest absolute Gasteiger partial charge is 0.338 e. The van der Waals surface area contributed by atoms with E-state index in [0.29, 0.717) is 5.56 Å². The molecular weight excluding hydrogens is 180 g/mol. The normalized spacial score (nSPS) is 21.1. The fourth-order valence-electron chi connectivity index (χ4n) is 1.95. The number of rotatable bonds is 2. The van der Waals surface area contributed by atoms with Crippen LogP contribution in [0.15, 0.2) is 23.1 Å². The molecule has 1 aliphatic rings.